The van der Waals surface area contributed by atoms with E-state index in [-0.39, 0.29) is 10.8 Å². The molecular formula is C21H29NO. The molecule has 1 unspecified atom stereocenters. The Balaban J connectivity index is 1.98. The number of nitrogens with zero attached hydrogens (tertiary/aromatic N) is 1. The molecule has 0 aromatic heterocycles. The van der Waals surface area contributed by atoms with Crippen molar-refractivity contribution >= 4 is 17.0 Å². The summed E-state index contributed by atoms with van der Waals surface area (Å²) >= 11 is 0. The minimum absolute atomic E-state index is 0.0790. The van der Waals surface area contributed by atoms with E-state index in [0.717, 1.165) is 23.4 Å². The van der Waals surface area contributed by atoms with Gasteiger partial charge in [0, 0.05) is 6.07 Å². The maximum absolute atomic E-state index is 12.8. The average Bonchev–Trinajstić information content (AvgIpc) is 2.77. The fourth-order valence-electron chi connectivity index (χ4n) is 4.63. The third kappa shape index (κ3) is 2.84. The summed E-state index contributed by atoms with van der Waals surface area (Å²) in [6.07, 6.45) is 9.87. The number of rotatable bonds is 5. The zero-order chi connectivity index (χ0) is 16.7. The van der Waals surface area contributed by atoms with Gasteiger partial charge in [0.05, 0.1) is 16.6 Å². The molecule has 124 valence electrons. The van der Waals surface area contributed by atoms with E-state index in [0.29, 0.717) is 0 Å². The molecule has 1 heterocycles. The molecule has 0 fully saturated rings. The number of hydrogen-bond acceptors (Lipinski definition) is 1. The Labute approximate surface area is 140 Å². The number of para-hydroxylation sites is 1. The summed E-state index contributed by atoms with van der Waals surface area (Å²) in [6.45, 7) is 9.10. The zero-order valence-corrected chi connectivity index (χ0v) is 15.0. The molecule has 0 N–H and O–H groups in total. The highest BCUT2D eigenvalue weighted by Crippen LogP contribution is 2.52. The lowest BCUT2D eigenvalue weighted by Crippen LogP contribution is -2.38. The SMILES string of the molecule is CCCCCCC1(C)C=C2C(=[N+]([O-])c3ccccc32)C(C)(C)C1. The average molecular weight is 311 g/mol. The van der Waals surface area contributed by atoms with Crippen LogP contribution >= 0.6 is 0 Å². The van der Waals surface area contributed by atoms with Gasteiger partial charge in [0.15, 0.2) is 0 Å². The van der Waals surface area contributed by atoms with Gasteiger partial charge in [0.25, 0.3) is 0 Å². The van der Waals surface area contributed by atoms with E-state index in [4.69, 9.17) is 0 Å². The second-order valence-corrected chi connectivity index (χ2v) is 8.24. The van der Waals surface area contributed by atoms with Crippen LogP contribution in [-0.2, 0) is 0 Å². The van der Waals surface area contributed by atoms with E-state index in [1.54, 1.807) is 0 Å². The lowest BCUT2D eigenvalue weighted by atomic mass is 9.62. The zero-order valence-electron chi connectivity index (χ0n) is 15.0. The van der Waals surface area contributed by atoms with Crippen molar-refractivity contribution in [2.45, 2.75) is 66.2 Å². The molecule has 0 bridgehead atoms. The maximum Gasteiger partial charge on any atom is 0.224 e. The molecule has 0 radical (unpaired) electrons. The molecule has 0 amide bonds. The van der Waals surface area contributed by atoms with Crippen LogP contribution in [0.15, 0.2) is 30.3 Å². The molecule has 23 heavy (non-hydrogen) atoms. The fraction of sp³-hybridized carbons (Fsp3) is 0.571. The van der Waals surface area contributed by atoms with Crippen molar-refractivity contribution in [3.8, 4) is 0 Å². The Morgan fingerprint density at radius 1 is 1.09 bits per heavy atom. The van der Waals surface area contributed by atoms with Gasteiger partial charge in [-0.3, -0.25) is 0 Å². The van der Waals surface area contributed by atoms with Crippen LogP contribution in [0.2, 0.25) is 0 Å². The summed E-state index contributed by atoms with van der Waals surface area (Å²) in [5.74, 6) is 0. The molecule has 3 rings (SSSR count). The molecule has 0 saturated heterocycles. The van der Waals surface area contributed by atoms with Crippen LogP contribution in [0.3, 0.4) is 0 Å². The van der Waals surface area contributed by atoms with Crippen LogP contribution in [0, 0.1) is 16.0 Å². The van der Waals surface area contributed by atoms with E-state index >= 15 is 0 Å². The molecule has 1 aromatic carbocycles. The van der Waals surface area contributed by atoms with Crippen LogP contribution in [0.1, 0.15) is 71.8 Å². The minimum atomic E-state index is -0.0790. The lowest BCUT2D eigenvalue weighted by Gasteiger charge is -2.39. The van der Waals surface area contributed by atoms with Gasteiger partial charge in [-0.25, -0.2) is 0 Å². The largest absolute Gasteiger partial charge is 0.618 e. The lowest BCUT2D eigenvalue weighted by molar-refractivity contribution is -0.361. The summed E-state index contributed by atoms with van der Waals surface area (Å²) in [6, 6.07) is 8.04. The monoisotopic (exact) mass is 311 g/mol. The molecule has 1 aromatic rings. The summed E-state index contributed by atoms with van der Waals surface area (Å²) in [5.41, 5.74) is 4.19. The highest BCUT2D eigenvalue weighted by atomic mass is 16.5. The van der Waals surface area contributed by atoms with E-state index in [2.05, 4.69) is 39.8 Å². The van der Waals surface area contributed by atoms with Gasteiger partial charge in [-0.1, -0.05) is 57.7 Å². The van der Waals surface area contributed by atoms with Gasteiger partial charge >= 0.3 is 0 Å². The predicted octanol–water partition coefficient (Wildman–Crippen LogP) is 6.07. The highest BCUT2D eigenvalue weighted by molar-refractivity contribution is 6.27. The number of allylic oxidation sites excluding steroid dienone is 2. The first kappa shape index (κ1) is 16.3. The van der Waals surface area contributed by atoms with Crippen molar-refractivity contribution < 1.29 is 4.74 Å². The van der Waals surface area contributed by atoms with Crippen molar-refractivity contribution in [3.05, 3.63) is 41.1 Å². The Kier molecular flexibility index (Phi) is 4.12. The van der Waals surface area contributed by atoms with Crippen LogP contribution < -0.4 is 0 Å². The van der Waals surface area contributed by atoms with Gasteiger partial charge in [-0.05, 0) is 38.2 Å². The second kappa shape index (κ2) is 5.81. The second-order valence-electron chi connectivity index (χ2n) is 8.24. The van der Waals surface area contributed by atoms with E-state index in [9.17, 15) is 5.21 Å². The van der Waals surface area contributed by atoms with Gasteiger partial charge in [0.2, 0.25) is 11.4 Å². The van der Waals surface area contributed by atoms with Gasteiger partial charge < -0.3 is 5.21 Å². The summed E-state index contributed by atoms with van der Waals surface area (Å²) in [5, 5.41) is 12.8. The van der Waals surface area contributed by atoms with Crippen molar-refractivity contribution in [1.82, 2.24) is 0 Å². The highest BCUT2D eigenvalue weighted by Gasteiger charge is 2.49. The first-order valence-electron chi connectivity index (χ1n) is 9.05. The quantitative estimate of drug-likeness (QED) is 0.368. The Bertz CT molecular complexity index is 668. The molecule has 1 atom stereocenters. The van der Waals surface area contributed by atoms with Crippen molar-refractivity contribution in [2.75, 3.05) is 0 Å². The molecular weight excluding hydrogens is 282 g/mol. The minimum Gasteiger partial charge on any atom is -0.618 e. The number of unbranched alkanes of at least 4 members (excludes halogenated alkanes) is 3. The Hall–Kier alpha value is -1.57. The molecule has 2 nitrogen and oxygen atoms in total. The number of benzene rings is 1. The number of fused-ring (bicyclic) bond motifs is 3. The number of hydrogen-bond donors (Lipinski definition) is 0. The first-order chi connectivity index (χ1) is 10.9. The van der Waals surface area contributed by atoms with Gasteiger partial charge in [-0.15, -0.1) is 0 Å². The van der Waals surface area contributed by atoms with E-state index < -0.39 is 0 Å². The van der Waals surface area contributed by atoms with Crippen LogP contribution in [0.5, 0.6) is 0 Å². The first-order valence-corrected chi connectivity index (χ1v) is 9.05. The molecule has 0 saturated carbocycles. The third-order valence-corrected chi connectivity index (χ3v) is 5.45. The Morgan fingerprint density at radius 2 is 1.83 bits per heavy atom. The van der Waals surface area contributed by atoms with Crippen molar-refractivity contribution in [1.29, 1.82) is 0 Å². The van der Waals surface area contributed by atoms with Gasteiger partial charge in [0.1, 0.15) is 0 Å². The topological polar surface area (TPSA) is 26.1 Å². The van der Waals surface area contributed by atoms with Crippen molar-refractivity contribution in [2.24, 2.45) is 10.8 Å². The molecule has 2 heteroatoms. The predicted molar refractivity (Wildman–Crippen MR) is 98.0 cm³/mol. The molecule has 0 spiro atoms. The van der Waals surface area contributed by atoms with Gasteiger partial charge in [-0.2, -0.15) is 4.74 Å². The van der Waals surface area contributed by atoms with E-state index in [1.165, 1.54) is 42.4 Å². The maximum atomic E-state index is 12.8. The van der Waals surface area contributed by atoms with E-state index in [1.807, 2.05) is 18.2 Å². The normalized spacial score (nSPS) is 25.1. The van der Waals surface area contributed by atoms with Crippen LogP contribution in [-0.4, -0.2) is 10.5 Å². The summed E-state index contributed by atoms with van der Waals surface area (Å²) < 4.78 is 1.18. The smallest absolute Gasteiger partial charge is 0.224 e. The van der Waals surface area contributed by atoms with Crippen molar-refractivity contribution in [3.63, 3.8) is 0 Å². The molecule has 1 aliphatic carbocycles. The third-order valence-electron chi connectivity index (χ3n) is 5.45. The van der Waals surface area contributed by atoms with Crippen LogP contribution in [0.25, 0.3) is 5.57 Å². The molecule has 1 aliphatic heterocycles. The standard InChI is InChI=1S/C21H29NO/c1-5-6-7-10-13-21(4)14-17-16-11-8-9-12-18(16)22(23)19(17)20(2,3)15-21/h8-9,11-12,14H,5-7,10,13,15H2,1-4H3. The fourth-order valence-corrected chi connectivity index (χ4v) is 4.63. The Morgan fingerprint density at radius 3 is 2.57 bits per heavy atom. The summed E-state index contributed by atoms with van der Waals surface area (Å²) in [7, 11) is 0. The summed E-state index contributed by atoms with van der Waals surface area (Å²) in [4.78, 5) is 0. The van der Waals surface area contributed by atoms with Crippen LogP contribution in [0.4, 0.5) is 5.69 Å². The molecule has 2 aliphatic rings.